The van der Waals surface area contributed by atoms with E-state index in [-0.39, 0.29) is 11.7 Å². The van der Waals surface area contributed by atoms with Gasteiger partial charge in [0.25, 0.3) is 0 Å². The number of terminal acetylenes is 1. The zero-order valence-electron chi connectivity index (χ0n) is 13.7. The van der Waals surface area contributed by atoms with Crippen LogP contribution in [0.4, 0.5) is 4.39 Å². The van der Waals surface area contributed by atoms with Crippen LogP contribution in [0, 0.1) is 18.2 Å². The van der Waals surface area contributed by atoms with Crippen molar-refractivity contribution in [2.24, 2.45) is 0 Å². The van der Waals surface area contributed by atoms with E-state index in [0.29, 0.717) is 10.6 Å². The highest BCUT2D eigenvalue weighted by atomic mass is 35.5. The van der Waals surface area contributed by atoms with Crippen LogP contribution in [0.5, 0.6) is 0 Å². The summed E-state index contributed by atoms with van der Waals surface area (Å²) in [5.74, 6) is 2.32. The first kappa shape index (κ1) is 19.5. The minimum absolute atomic E-state index is 0.241. The lowest BCUT2D eigenvalue weighted by Crippen LogP contribution is -1.95. The van der Waals surface area contributed by atoms with E-state index in [1.807, 2.05) is 53.7 Å². The lowest BCUT2D eigenvalue weighted by molar-refractivity contribution is 0.626. The largest absolute Gasteiger partial charge is 0.206 e. The molecule has 0 heterocycles. The van der Waals surface area contributed by atoms with Crippen molar-refractivity contribution in [2.45, 2.75) is 47.5 Å². The summed E-state index contributed by atoms with van der Waals surface area (Å²) >= 11 is 6.06. The second-order valence-corrected chi connectivity index (χ2v) is 4.75. The van der Waals surface area contributed by atoms with Gasteiger partial charge in [-0.25, -0.2) is 4.39 Å². The third-order valence-electron chi connectivity index (χ3n) is 2.83. The van der Waals surface area contributed by atoms with Crippen LogP contribution >= 0.6 is 11.6 Å². The second kappa shape index (κ2) is 9.42. The van der Waals surface area contributed by atoms with Crippen molar-refractivity contribution in [1.29, 1.82) is 0 Å². The van der Waals surface area contributed by atoms with Crippen LogP contribution in [0.3, 0.4) is 0 Å². The smallest absolute Gasteiger partial charge is 0.139 e. The van der Waals surface area contributed by atoms with E-state index in [4.69, 9.17) is 18.0 Å². The molecule has 0 aliphatic carbocycles. The van der Waals surface area contributed by atoms with E-state index in [9.17, 15) is 4.39 Å². The van der Waals surface area contributed by atoms with Crippen LogP contribution < -0.4 is 0 Å². The van der Waals surface area contributed by atoms with Gasteiger partial charge in [0, 0.05) is 10.4 Å². The first-order valence-electron chi connectivity index (χ1n) is 7.43. The standard InChI is InChI=1S/C15H12ClF.2C2H6/c1-4-12-14(17)6-5-10-7-11(16)8-13(9(2)3)15(10)12;2*1-2/h1,5-9H,2-3H3;2*1-2H3. The summed E-state index contributed by atoms with van der Waals surface area (Å²) in [5, 5.41) is 2.33. The molecule has 0 spiro atoms. The van der Waals surface area contributed by atoms with Gasteiger partial charge in [0.15, 0.2) is 0 Å². The Hall–Kier alpha value is -1.52. The van der Waals surface area contributed by atoms with Crippen molar-refractivity contribution in [2.75, 3.05) is 0 Å². The summed E-state index contributed by atoms with van der Waals surface area (Å²) in [5.41, 5.74) is 1.31. The molecule has 0 N–H and O–H groups in total. The lowest BCUT2D eigenvalue weighted by atomic mass is 9.92. The Morgan fingerprint density at radius 2 is 1.67 bits per heavy atom. The fourth-order valence-corrected chi connectivity index (χ4v) is 2.27. The molecule has 21 heavy (non-hydrogen) atoms. The van der Waals surface area contributed by atoms with Crippen LogP contribution in [0.2, 0.25) is 5.02 Å². The van der Waals surface area contributed by atoms with Crippen LogP contribution in [-0.2, 0) is 0 Å². The molecule has 0 atom stereocenters. The molecule has 0 aliphatic rings. The molecule has 0 aliphatic heterocycles. The number of hydrogen-bond acceptors (Lipinski definition) is 0. The topological polar surface area (TPSA) is 0 Å². The predicted octanol–water partition coefficient (Wildman–Crippen LogP) is 6.79. The van der Waals surface area contributed by atoms with Crippen LogP contribution in [0.25, 0.3) is 10.8 Å². The Bertz CT molecular complexity index is 621. The van der Waals surface area contributed by atoms with Crippen molar-refractivity contribution in [3.05, 3.63) is 46.2 Å². The number of rotatable bonds is 1. The fourth-order valence-electron chi connectivity index (χ4n) is 2.03. The van der Waals surface area contributed by atoms with Gasteiger partial charge in [0.1, 0.15) is 5.82 Å². The second-order valence-electron chi connectivity index (χ2n) is 4.31. The van der Waals surface area contributed by atoms with Gasteiger partial charge in [-0.15, -0.1) is 6.42 Å². The van der Waals surface area contributed by atoms with Gasteiger partial charge in [-0.05, 0) is 35.1 Å². The van der Waals surface area contributed by atoms with Gasteiger partial charge in [-0.2, -0.15) is 0 Å². The summed E-state index contributed by atoms with van der Waals surface area (Å²) in [4.78, 5) is 0. The number of halogens is 2. The third kappa shape index (κ3) is 4.48. The van der Waals surface area contributed by atoms with Crippen LogP contribution in [0.1, 0.15) is 58.6 Å². The first-order valence-corrected chi connectivity index (χ1v) is 7.80. The Labute approximate surface area is 133 Å². The number of fused-ring (bicyclic) bond motifs is 1. The van der Waals surface area contributed by atoms with E-state index in [2.05, 4.69) is 5.92 Å². The minimum Gasteiger partial charge on any atom is -0.206 e. The molecule has 0 aromatic heterocycles. The highest BCUT2D eigenvalue weighted by Crippen LogP contribution is 2.32. The van der Waals surface area contributed by atoms with E-state index in [0.717, 1.165) is 16.3 Å². The van der Waals surface area contributed by atoms with Crippen molar-refractivity contribution in [1.82, 2.24) is 0 Å². The molecule has 2 heteroatoms. The van der Waals surface area contributed by atoms with Gasteiger partial charge in [0.05, 0.1) is 5.56 Å². The predicted molar refractivity (Wildman–Crippen MR) is 93.6 cm³/mol. The maximum absolute atomic E-state index is 13.7. The molecular weight excluding hydrogens is 283 g/mol. The summed E-state index contributed by atoms with van der Waals surface area (Å²) in [6, 6.07) is 6.76. The Kier molecular flexibility index (Phi) is 8.74. The molecule has 0 bridgehead atoms. The fraction of sp³-hybridized carbons (Fsp3) is 0.368. The molecule has 0 amide bonds. The maximum Gasteiger partial charge on any atom is 0.139 e. The van der Waals surface area contributed by atoms with Crippen molar-refractivity contribution < 1.29 is 4.39 Å². The number of benzene rings is 2. The molecule has 0 radical (unpaired) electrons. The first-order chi connectivity index (χ1) is 10.0. The Morgan fingerprint density at radius 3 is 2.14 bits per heavy atom. The van der Waals surface area contributed by atoms with E-state index in [1.54, 1.807) is 6.07 Å². The van der Waals surface area contributed by atoms with Crippen LogP contribution in [0.15, 0.2) is 24.3 Å². The Morgan fingerprint density at radius 1 is 1.10 bits per heavy atom. The average molecular weight is 307 g/mol. The highest BCUT2D eigenvalue weighted by molar-refractivity contribution is 6.31. The molecule has 0 fully saturated rings. The minimum atomic E-state index is -0.357. The molecule has 0 unspecified atom stereocenters. The van der Waals surface area contributed by atoms with Crippen molar-refractivity contribution >= 4 is 22.4 Å². The zero-order valence-corrected chi connectivity index (χ0v) is 14.5. The third-order valence-corrected chi connectivity index (χ3v) is 3.05. The van der Waals surface area contributed by atoms with E-state index >= 15 is 0 Å². The van der Waals surface area contributed by atoms with E-state index in [1.165, 1.54) is 6.07 Å². The van der Waals surface area contributed by atoms with Crippen LogP contribution in [-0.4, -0.2) is 0 Å². The lowest BCUT2D eigenvalue weighted by Gasteiger charge is -2.13. The Balaban J connectivity index is 0.000000921. The molecule has 2 aromatic rings. The molecular formula is C19H24ClF. The quantitative estimate of drug-likeness (QED) is 0.509. The number of hydrogen-bond donors (Lipinski definition) is 0. The van der Waals surface area contributed by atoms with E-state index < -0.39 is 0 Å². The average Bonchev–Trinajstić information content (AvgIpc) is 2.50. The normalized spacial score (nSPS) is 9.33. The molecule has 0 nitrogen and oxygen atoms in total. The van der Waals surface area contributed by atoms with Gasteiger partial charge in [0.2, 0.25) is 0 Å². The monoisotopic (exact) mass is 306 g/mol. The molecule has 0 saturated heterocycles. The van der Waals surface area contributed by atoms with Gasteiger partial charge in [-0.3, -0.25) is 0 Å². The molecule has 2 rings (SSSR count). The maximum atomic E-state index is 13.7. The SMILES string of the molecule is C#Cc1c(F)ccc2cc(Cl)cc(C(C)C)c12.CC.CC. The van der Waals surface area contributed by atoms with Crippen molar-refractivity contribution in [3.63, 3.8) is 0 Å². The summed E-state index contributed by atoms with van der Waals surface area (Å²) in [7, 11) is 0. The van der Waals surface area contributed by atoms with Gasteiger partial charge < -0.3 is 0 Å². The van der Waals surface area contributed by atoms with Gasteiger partial charge >= 0.3 is 0 Å². The summed E-state index contributed by atoms with van der Waals surface area (Å²) < 4.78 is 13.7. The highest BCUT2D eigenvalue weighted by Gasteiger charge is 2.13. The van der Waals surface area contributed by atoms with Gasteiger partial charge in [-0.1, -0.05) is 65.1 Å². The molecule has 0 saturated carbocycles. The molecule has 114 valence electrons. The molecule has 2 aromatic carbocycles. The zero-order chi connectivity index (χ0) is 16.6. The summed E-state index contributed by atoms with van der Waals surface area (Å²) in [6.07, 6.45) is 5.40. The van der Waals surface area contributed by atoms with Crippen molar-refractivity contribution in [3.8, 4) is 12.3 Å². The summed E-state index contributed by atoms with van der Waals surface area (Å²) in [6.45, 7) is 12.1.